The van der Waals surface area contributed by atoms with Crippen LogP contribution >= 0.6 is 0 Å². The van der Waals surface area contributed by atoms with Gasteiger partial charge in [0, 0.05) is 98.0 Å². The third-order valence-corrected chi connectivity index (χ3v) is 29.4. The van der Waals surface area contributed by atoms with Gasteiger partial charge in [0.2, 0.25) is 0 Å². The number of nitrogens with zero attached hydrogens (tertiary/aromatic N) is 8. The monoisotopic (exact) mass is 1860 g/mol. The third kappa shape index (κ3) is 23.9. The van der Waals surface area contributed by atoms with E-state index in [9.17, 15) is 33.9 Å². The first-order chi connectivity index (χ1) is 63.5. The maximum atomic E-state index is 15.3. The quantitative estimate of drug-likeness (QED) is 0.0369. The highest BCUT2D eigenvalue weighted by molar-refractivity contribution is 6.01. The van der Waals surface area contributed by atoms with Crippen LogP contribution in [0.5, 0.6) is 0 Å². The van der Waals surface area contributed by atoms with E-state index in [2.05, 4.69) is 19.8 Å². The van der Waals surface area contributed by atoms with Crippen molar-refractivity contribution >= 4 is 87.2 Å². The summed E-state index contributed by atoms with van der Waals surface area (Å²) >= 11 is 0. The van der Waals surface area contributed by atoms with Gasteiger partial charge in [0.15, 0.2) is 41.5 Å². The van der Waals surface area contributed by atoms with Crippen molar-refractivity contribution in [3.05, 3.63) is 132 Å². The first-order valence-corrected chi connectivity index (χ1v) is 48.1. The van der Waals surface area contributed by atoms with Gasteiger partial charge in [0.1, 0.15) is 41.7 Å². The number of carbonyl (C=O) groups excluding carboxylic acids is 9. The van der Waals surface area contributed by atoms with Crippen LogP contribution < -0.4 is 0 Å². The molecule has 2 N–H and O–H groups in total. The second-order valence-corrected chi connectivity index (χ2v) is 40.2. The van der Waals surface area contributed by atoms with E-state index >= 15 is 14.4 Å². The summed E-state index contributed by atoms with van der Waals surface area (Å²) < 4.78 is 71.9. The van der Waals surface area contributed by atoms with Crippen LogP contribution in [0, 0.1) is 59.2 Å². The van der Waals surface area contributed by atoms with Gasteiger partial charge in [-0.2, -0.15) is 0 Å². The van der Waals surface area contributed by atoms with E-state index in [0.29, 0.717) is 31.5 Å². The molecule has 8 fully saturated rings. The van der Waals surface area contributed by atoms with Gasteiger partial charge in [-0.25, -0.2) is 14.4 Å². The Morgan fingerprint density at radius 2 is 0.925 bits per heavy atom. The molecule has 0 bridgehead atoms. The zero-order valence-electron chi connectivity index (χ0n) is 82.9. The van der Waals surface area contributed by atoms with Gasteiger partial charge in [-0.3, -0.25) is 48.5 Å². The first-order valence-electron chi connectivity index (χ1n) is 48.1. The molecule has 28 atom stereocenters. The van der Waals surface area contributed by atoms with Gasteiger partial charge in [-0.1, -0.05) is 134 Å². The molecule has 0 spiro atoms. The highest BCUT2D eigenvalue weighted by atomic mass is 16.7. The van der Waals surface area contributed by atoms with Crippen molar-refractivity contribution in [2.75, 3.05) is 102 Å². The van der Waals surface area contributed by atoms with Gasteiger partial charge in [-0.05, 0) is 221 Å². The molecule has 134 heavy (non-hydrogen) atoms. The molecule has 5 aromatic rings. The van der Waals surface area contributed by atoms with E-state index in [-0.39, 0.29) is 86.6 Å². The lowest BCUT2D eigenvalue weighted by atomic mass is 9.73. The number of fused-ring (bicyclic) bond motifs is 4. The van der Waals surface area contributed by atoms with Crippen LogP contribution in [0.2, 0.25) is 0 Å². The zero-order valence-corrected chi connectivity index (χ0v) is 82.9. The van der Waals surface area contributed by atoms with Crippen molar-refractivity contribution < 1.29 is 105 Å². The molecule has 2 aromatic heterocycles. The largest absolute Gasteiger partial charge is 0.458 e. The molecule has 736 valence electrons. The normalized spacial score (nSPS) is 35.9. The van der Waals surface area contributed by atoms with Crippen molar-refractivity contribution in [2.24, 2.45) is 59.2 Å². The fraction of sp³-hybridized carbons (Fsp3) is 0.644. The number of ketones is 4. The summed E-state index contributed by atoms with van der Waals surface area (Å²) in [7, 11) is 12.7. The SMILES string of the molecule is CC[C@H]1OC(=O)[C@H](C)C(=O)[C@H](C)[C@@H](O[C@@H]2O[C@H](C)C[C@H](N(C)C)[C@H]2O)[C@](C)(OC/C=C/c2cnc3ccccc3c2)C[C@@H](C)C(=O)[C@H](C)[C@H]2N(CC3CCN(C)C3)C(=O)O[C@]12C.CC[C@H]1OC(=O)[C@H](C)C(=O)[C@H](C)[C@@H](O[C@@H]2O[C@H](C)C[C@H](N(C)C)[C@H]2OC(=O)c2ccccc2)[C@](C)(OC/C=C/c2cnc3ccccc3c2)C[C@@H](C)C(=O)[C@H](C)[C@H]2N(CC3CCN(C)C3)C(=O)O[C@]12C.CO. The molecular weight excluding hydrogens is 1710 g/mol. The number of hydrogen-bond acceptors (Lipinski definition) is 28. The van der Waals surface area contributed by atoms with Crippen molar-refractivity contribution in [3.8, 4) is 0 Å². The van der Waals surface area contributed by atoms with Crippen LogP contribution in [0.4, 0.5) is 9.59 Å². The van der Waals surface area contributed by atoms with E-state index in [1.54, 1.807) is 74.2 Å². The number of likely N-dealkylation sites (tertiary alicyclic amines) is 2. The Kier molecular flexibility index (Phi) is 35.9. The van der Waals surface area contributed by atoms with E-state index in [4.69, 9.17) is 57.2 Å². The molecule has 3 aromatic carbocycles. The number of cyclic esters (lactones) is 2. The Morgan fingerprint density at radius 3 is 1.33 bits per heavy atom. The Labute approximate surface area is 791 Å². The predicted molar refractivity (Wildman–Crippen MR) is 508 cm³/mol. The maximum absolute atomic E-state index is 15.3. The van der Waals surface area contributed by atoms with Crippen LogP contribution in [-0.4, -0.2) is 313 Å². The fourth-order valence-electron chi connectivity index (χ4n) is 22.2. The van der Waals surface area contributed by atoms with Crippen molar-refractivity contribution in [1.29, 1.82) is 0 Å². The van der Waals surface area contributed by atoms with Crippen LogP contribution in [0.25, 0.3) is 34.0 Å². The minimum Gasteiger partial charge on any atom is -0.458 e. The molecule has 2 amide bonds. The lowest BCUT2D eigenvalue weighted by Gasteiger charge is -2.48. The van der Waals surface area contributed by atoms with Gasteiger partial charge in [-0.15, -0.1) is 0 Å². The number of amides is 2. The molecule has 10 heterocycles. The number of hydrogen-bond donors (Lipinski definition) is 2. The lowest BCUT2D eigenvalue weighted by molar-refractivity contribution is -0.296. The minimum absolute atomic E-state index is 0.0255. The Morgan fingerprint density at radius 1 is 0.530 bits per heavy atom. The number of pyridine rings is 2. The number of Topliss-reactive ketones (excluding diaryl/α,β-unsaturated/α-hetero) is 4. The molecule has 8 aliphatic rings. The lowest BCUT2D eigenvalue weighted by Crippen LogP contribution is -2.61. The average molecular weight is 1860 g/mol. The standard InChI is InChI=1S/C55H74N4O11.C48H70N4O10.CH4O/c1-12-44-55(8)48(59(53(64)70-55)32-39-24-25-58(11)31-39)35(4)45(60)33(2)29-54(7,65-26-18-19-38-28-41-22-16-17-23-42(41)56-30-38)49(36(5)46(61)37(6)50(62)67-44)69-52-47(43(57(9)10)27-34(3)66-52)68-51(63)40-20-14-13-15-21-40;1-12-38-48(8)42(52(46(57)62-48)27-34-19-20-51(11)26-34)30(4)39(53)28(2)24-47(7,58-21-15-16-33-23-35-17-13-14-18-36(35)49-25-33)43(31(5)40(54)32(6)44(56)60-38)61-45-41(55)37(50(9)10)22-29(3)59-45;1-2/h13-23,28,30,33-37,39,43-44,47-49,52H,12,24-27,29,31-32H2,1-11H3;13-18,23,25,28-32,34,37-38,41-43,45,55H,12,19-22,24,26-27H2,1-11H3;2H,1H3/b19-18+;16-15+;/t33-,34-,35+,36+,37-,39?,43+,44-,47-,48-,49-,52+,54-,55-;28-,29-,30+,31+,32-,34?,37+,38-,41-,42-,43-,45+,47-,48-;/m11./s1. The summed E-state index contributed by atoms with van der Waals surface area (Å²) in [6.07, 6.45) is 4.16. The summed E-state index contributed by atoms with van der Waals surface area (Å²) in [6.45, 7) is 32.6. The molecule has 0 aliphatic carbocycles. The number of likely N-dealkylation sites (N-methyl/N-ethyl adjacent to an activating group) is 2. The van der Waals surface area contributed by atoms with Crippen LogP contribution in [-0.2, 0) is 80.9 Å². The highest BCUT2D eigenvalue weighted by Crippen LogP contribution is 2.48. The molecule has 13 rings (SSSR count). The Balaban J connectivity index is 0.000000255. The summed E-state index contributed by atoms with van der Waals surface area (Å²) in [4.78, 5) is 151. The highest BCUT2D eigenvalue weighted by Gasteiger charge is 2.64. The molecule has 0 radical (unpaired) electrons. The fourth-order valence-corrected chi connectivity index (χ4v) is 22.2. The predicted octanol–water partition coefficient (Wildman–Crippen LogP) is 13.0. The summed E-state index contributed by atoms with van der Waals surface area (Å²) in [5.41, 5.74) is -1.82. The summed E-state index contributed by atoms with van der Waals surface area (Å²) in [5.74, 6) is -10.6. The third-order valence-electron chi connectivity index (χ3n) is 29.4. The Hall–Kier alpha value is -8.89. The average Bonchev–Trinajstić information content (AvgIpc) is 1.59. The second-order valence-electron chi connectivity index (χ2n) is 40.2. The first kappa shape index (κ1) is 106. The number of aliphatic hydroxyl groups is 2. The zero-order chi connectivity index (χ0) is 97.9. The van der Waals surface area contributed by atoms with Gasteiger partial charge in [0.25, 0.3) is 0 Å². The van der Waals surface area contributed by atoms with E-state index in [1.807, 2.05) is 212 Å². The Bertz CT molecular complexity index is 4940. The number of carbonyl (C=O) groups is 9. The minimum atomic E-state index is -1.44. The number of aromatic nitrogens is 2. The molecule has 8 saturated heterocycles. The molecule has 30 nitrogen and oxygen atoms in total. The topological polar surface area (TPSA) is 341 Å². The molecule has 0 saturated carbocycles. The smallest absolute Gasteiger partial charge is 0.410 e. The summed E-state index contributed by atoms with van der Waals surface area (Å²) in [6, 6.07) is 26.2. The van der Waals surface area contributed by atoms with Gasteiger partial charge < -0.3 is 81.9 Å². The van der Waals surface area contributed by atoms with Crippen LogP contribution in [0.1, 0.15) is 184 Å². The van der Waals surface area contributed by atoms with E-state index < -0.39 is 173 Å². The number of aliphatic hydroxyl groups excluding tert-OH is 2. The molecule has 2 unspecified atom stereocenters. The number of para-hydroxylation sites is 2. The number of benzene rings is 3. The van der Waals surface area contributed by atoms with E-state index in [0.717, 1.165) is 79.1 Å². The number of rotatable bonds is 22. The molecule has 30 heteroatoms. The van der Waals surface area contributed by atoms with Crippen LogP contribution in [0.15, 0.2) is 116 Å². The van der Waals surface area contributed by atoms with Crippen molar-refractivity contribution in [3.63, 3.8) is 0 Å². The molecule has 8 aliphatic heterocycles. The van der Waals surface area contributed by atoms with E-state index in [1.165, 1.54) is 13.8 Å². The van der Waals surface area contributed by atoms with Crippen molar-refractivity contribution in [1.82, 2.24) is 39.4 Å². The second kappa shape index (κ2) is 45.6. The number of esters is 3. The summed E-state index contributed by atoms with van der Waals surface area (Å²) in [5, 5.41) is 20.7. The van der Waals surface area contributed by atoms with Gasteiger partial charge in [0.05, 0.1) is 83.6 Å². The maximum Gasteiger partial charge on any atom is 0.410 e. The van der Waals surface area contributed by atoms with Crippen molar-refractivity contribution in [2.45, 2.75) is 270 Å². The number of ether oxygens (including phenoxy) is 11. The van der Waals surface area contributed by atoms with Gasteiger partial charge >= 0.3 is 30.1 Å². The molecular formula is C104H148N8O22. The van der Waals surface area contributed by atoms with Crippen LogP contribution in [0.3, 0.4) is 0 Å².